The quantitative estimate of drug-likeness (QED) is 0.662. The van der Waals surface area contributed by atoms with Crippen LogP contribution in [0.4, 0.5) is 0 Å². The number of rotatable bonds is 3. The van der Waals surface area contributed by atoms with Crippen LogP contribution in [0.15, 0.2) is 34.3 Å². The van der Waals surface area contributed by atoms with Crippen LogP contribution in [0.1, 0.15) is 18.2 Å². The van der Waals surface area contributed by atoms with E-state index in [1.165, 1.54) is 6.08 Å². The molecule has 0 aliphatic heterocycles. The number of aryl methyl sites for hydroxylation is 1. The van der Waals surface area contributed by atoms with Crippen molar-refractivity contribution in [3.05, 3.63) is 41.2 Å². The first kappa shape index (κ1) is 11.9. The first-order chi connectivity index (χ1) is 8.67. The van der Waals surface area contributed by atoms with E-state index < -0.39 is 5.97 Å². The van der Waals surface area contributed by atoms with Crippen molar-refractivity contribution in [3.8, 4) is 6.07 Å². The molecule has 0 unspecified atom stereocenters. The van der Waals surface area contributed by atoms with Crippen molar-refractivity contribution in [2.75, 3.05) is 0 Å². The van der Waals surface area contributed by atoms with Crippen molar-refractivity contribution in [3.63, 3.8) is 0 Å². The largest absolute Gasteiger partial charge is 0.477 e. The maximum absolute atomic E-state index is 10.9. The molecule has 0 spiro atoms. The average molecular weight is 241 g/mol. The van der Waals surface area contributed by atoms with E-state index in [9.17, 15) is 4.79 Å². The third kappa shape index (κ3) is 1.98. The lowest BCUT2D eigenvalue weighted by Crippen LogP contribution is -1.97. The van der Waals surface area contributed by atoms with Gasteiger partial charge in [-0.1, -0.05) is 25.1 Å². The van der Waals surface area contributed by atoms with E-state index in [-0.39, 0.29) is 5.57 Å². The number of carboxylic acid groups (broad SMARTS) is 1. The number of nitriles is 1. The molecule has 0 bridgehead atoms. The molecule has 1 N–H and O–H groups in total. The molecule has 2 rings (SSSR count). The van der Waals surface area contributed by atoms with Crippen molar-refractivity contribution in [2.24, 2.45) is 0 Å². The molecule has 0 aliphatic carbocycles. The van der Waals surface area contributed by atoms with Gasteiger partial charge < -0.3 is 9.52 Å². The van der Waals surface area contributed by atoms with Crippen LogP contribution in [0.3, 0.4) is 0 Å². The van der Waals surface area contributed by atoms with E-state index in [0.717, 1.165) is 5.39 Å². The smallest absolute Gasteiger partial charge is 0.346 e. The minimum absolute atomic E-state index is 0.295. The Kier molecular flexibility index (Phi) is 3.16. The first-order valence-corrected chi connectivity index (χ1v) is 5.52. The normalized spacial score (nSPS) is 11.4. The molecule has 1 aromatic heterocycles. The lowest BCUT2D eigenvalue weighted by Gasteiger charge is -1.94. The highest BCUT2D eigenvalue weighted by atomic mass is 16.4. The van der Waals surface area contributed by atoms with Gasteiger partial charge in [-0.05, 0) is 12.1 Å². The molecule has 0 atom stereocenters. The Labute approximate surface area is 104 Å². The van der Waals surface area contributed by atoms with Crippen LogP contribution in [0.5, 0.6) is 0 Å². The summed E-state index contributed by atoms with van der Waals surface area (Å²) in [5.74, 6) is -0.546. The summed E-state index contributed by atoms with van der Waals surface area (Å²) in [6.45, 7) is 1.92. The van der Waals surface area contributed by atoms with Gasteiger partial charge in [-0.15, -0.1) is 0 Å². The fourth-order valence-corrected chi connectivity index (χ4v) is 1.82. The highest BCUT2D eigenvalue weighted by Gasteiger charge is 2.13. The molecule has 4 nitrogen and oxygen atoms in total. The number of nitrogens with zero attached hydrogens (tertiary/aromatic N) is 1. The van der Waals surface area contributed by atoms with Gasteiger partial charge in [0.25, 0.3) is 0 Å². The number of fused-ring (bicyclic) bond motifs is 1. The van der Waals surface area contributed by atoms with E-state index in [1.807, 2.05) is 31.2 Å². The summed E-state index contributed by atoms with van der Waals surface area (Å²) < 4.78 is 5.63. The molecule has 4 heteroatoms. The van der Waals surface area contributed by atoms with Crippen molar-refractivity contribution in [2.45, 2.75) is 13.3 Å². The maximum atomic E-state index is 10.9. The number of hydrogen-bond acceptors (Lipinski definition) is 3. The van der Waals surface area contributed by atoms with Crippen LogP contribution < -0.4 is 0 Å². The second-order valence-corrected chi connectivity index (χ2v) is 3.76. The summed E-state index contributed by atoms with van der Waals surface area (Å²) in [4.78, 5) is 10.9. The summed E-state index contributed by atoms with van der Waals surface area (Å²) in [6, 6.07) is 9.04. The summed E-state index contributed by atoms with van der Waals surface area (Å²) in [7, 11) is 0. The van der Waals surface area contributed by atoms with Gasteiger partial charge in [-0.3, -0.25) is 0 Å². The van der Waals surface area contributed by atoms with E-state index in [0.29, 0.717) is 23.3 Å². The predicted octanol–water partition coefficient (Wildman–Crippen LogP) is 2.99. The number of carbonyl (C=O) groups is 1. The number of para-hydroxylation sites is 1. The van der Waals surface area contributed by atoms with Crippen LogP contribution in [0, 0.1) is 11.3 Å². The molecule has 1 heterocycles. The number of hydrogen-bond donors (Lipinski definition) is 1. The van der Waals surface area contributed by atoms with Crippen LogP contribution in [-0.4, -0.2) is 11.1 Å². The molecule has 2 aromatic rings. The zero-order valence-electron chi connectivity index (χ0n) is 9.80. The molecule has 0 saturated carbocycles. The minimum atomic E-state index is -1.23. The maximum Gasteiger partial charge on any atom is 0.346 e. The van der Waals surface area contributed by atoms with Gasteiger partial charge in [0.05, 0.1) is 0 Å². The summed E-state index contributed by atoms with van der Waals surface area (Å²) in [5, 5.41) is 18.5. The van der Waals surface area contributed by atoms with E-state index in [1.54, 1.807) is 6.07 Å². The van der Waals surface area contributed by atoms with Gasteiger partial charge in [0.2, 0.25) is 0 Å². The number of aliphatic carboxylic acids is 1. The van der Waals surface area contributed by atoms with Crippen molar-refractivity contribution >= 4 is 23.0 Å². The summed E-state index contributed by atoms with van der Waals surface area (Å²) >= 11 is 0. The average Bonchev–Trinajstić information content (AvgIpc) is 2.73. The highest BCUT2D eigenvalue weighted by molar-refractivity contribution is 6.00. The van der Waals surface area contributed by atoms with Crippen LogP contribution in [0.2, 0.25) is 0 Å². The topological polar surface area (TPSA) is 74.2 Å². The Morgan fingerprint density at radius 1 is 1.50 bits per heavy atom. The molecule has 90 valence electrons. The molecule has 0 saturated heterocycles. The Balaban J connectivity index is 2.70. The minimum Gasteiger partial charge on any atom is -0.477 e. The summed E-state index contributed by atoms with van der Waals surface area (Å²) in [5.41, 5.74) is 1.08. The van der Waals surface area contributed by atoms with E-state index in [4.69, 9.17) is 14.8 Å². The Bertz CT molecular complexity index is 674. The predicted molar refractivity (Wildman–Crippen MR) is 66.8 cm³/mol. The molecular formula is C14H11NO3. The molecule has 18 heavy (non-hydrogen) atoms. The molecule has 0 aliphatic rings. The lowest BCUT2D eigenvalue weighted by molar-refractivity contribution is -0.132. The fraction of sp³-hybridized carbons (Fsp3) is 0.143. The Morgan fingerprint density at radius 3 is 2.83 bits per heavy atom. The fourth-order valence-electron chi connectivity index (χ4n) is 1.82. The van der Waals surface area contributed by atoms with Gasteiger partial charge >= 0.3 is 5.97 Å². The molecule has 1 aromatic carbocycles. The number of carboxylic acids is 1. The molecular weight excluding hydrogens is 230 g/mol. The van der Waals surface area contributed by atoms with Crippen LogP contribution in [0.25, 0.3) is 17.0 Å². The lowest BCUT2D eigenvalue weighted by atomic mass is 10.1. The second-order valence-electron chi connectivity index (χ2n) is 3.76. The Morgan fingerprint density at radius 2 is 2.22 bits per heavy atom. The van der Waals surface area contributed by atoms with Crippen molar-refractivity contribution in [1.82, 2.24) is 0 Å². The summed E-state index contributed by atoms with van der Waals surface area (Å²) in [6.07, 6.45) is 2.01. The van der Waals surface area contributed by atoms with Gasteiger partial charge in [0, 0.05) is 17.4 Å². The number of benzene rings is 1. The number of furan rings is 1. The molecule has 0 amide bonds. The van der Waals surface area contributed by atoms with Crippen molar-refractivity contribution < 1.29 is 14.3 Å². The van der Waals surface area contributed by atoms with Gasteiger partial charge in [0.1, 0.15) is 23.0 Å². The molecule has 0 fully saturated rings. The molecule has 0 radical (unpaired) electrons. The van der Waals surface area contributed by atoms with Crippen molar-refractivity contribution in [1.29, 1.82) is 5.26 Å². The highest BCUT2D eigenvalue weighted by Crippen LogP contribution is 2.28. The Hall–Kier alpha value is -2.54. The van der Waals surface area contributed by atoms with Crippen LogP contribution >= 0.6 is 0 Å². The monoisotopic (exact) mass is 241 g/mol. The van der Waals surface area contributed by atoms with Gasteiger partial charge in [-0.25, -0.2) is 4.79 Å². The standard InChI is InChI=1S/C14H11NO3/c1-2-12-11(7-9(8-15)14(16)17)10-5-3-4-6-13(10)18-12/h3-7H,2H2,1H3,(H,16,17)/b9-7+. The third-order valence-corrected chi connectivity index (χ3v) is 2.67. The van der Waals surface area contributed by atoms with E-state index in [2.05, 4.69) is 0 Å². The first-order valence-electron chi connectivity index (χ1n) is 5.52. The zero-order valence-corrected chi connectivity index (χ0v) is 9.80. The third-order valence-electron chi connectivity index (χ3n) is 2.67. The SMILES string of the molecule is CCc1oc2ccccc2c1/C=C(\C#N)C(=O)O. The second kappa shape index (κ2) is 4.76. The zero-order chi connectivity index (χ0) is 13.1. The van der Waals surface area contributed by atoms with Gasteiger partial charge in [0.15, 0.2) is 0 Å². The van der Waals surface area contributed by atoms with E-state index >= 15 is 0 Å². The van der Waals surface area contributed by atoms with Crippen LogP contribution in [-0.2, 0) is 11.2 Å². The van der Waals surface area contributed by atoms with Gasteiger partial charge in [-0.2, -0.15) is 5.26 Å².